The number of hydrogen-bond donors (Lipinski definition) is 0. The molecule has 0 N–H and O–H groups in total. The Morgan fingerprint density at radius 3 is 2.56 bits per heavy atom. The van der Waals surface area contributed by atoms with E-state index in [9.17, 15) is 4.79 Å². The minimum absolute atomic E-state index is 0.0951. The van der Waals surface area contributed by atoms with E-state index in [1.54, 1.807) is 11.8 Å². The van der Waals surface area contributed by atoms with Crippen molar-refractivity contribution in [3.8, 4) is 5.75 Å². The van der Waals surface area contributed by atoms with Gasteiger partial charge >= 0.3 is 0 Å². The first-order valence-corrected chi connectivity index (χ1v) is 9.62. The molecule has 0 spiro atoms. The smallest absolute Gasteiger partial charge is 0.244 e. The quantitative estimate of drug-likeness (QED) is 0.705. The molecule has 1 aromatic heterocycles. The lowest BCUT2D eigenvalue weighted by atomic mass is 9.92. The van der Waals surface area contributed by atoms with Gasteiger partial charge in [-0.15, -0.1) is 0 Å². The van der Waals surface area contributed by atoms with Gasteiger partial charge in [0.2, 0.25) is 5.91 Å². The van der Waals surface area contributed by atoms with Crippen molar-refractivity contribution in [3.05, 3.63) is 29.5 Å². The van der Waals surface area contributed by atoms with Crippen LogP contribution >= 0.6 is 0 Å². The van der Waals surface area contributed by atoms with Gasteiger partial charge in [-0.05, 0) is 50.8 Å². The third-order valence-electron chi connectivity index (χ3n) is 4.56. The van der Waals surface area contributed by atoms with Crippen LogP contribution in [0, 0.1) is 5.41 Å². The highest BCUT2D eigenvalue weighted by Crippen LogP contribution is 2.26. The SMILES string of the molecule is CCN(CCC(C)(C)C)C(=O)Cn1nc(C=C(C)C)c2ccc(OC)cc21. The second kappa shape index (κ2) is 8.59. The van der Waals surface area contributed by atoms with Crippen molar-refractivity contribution >= 4 is 22.9 Å². The minimum Gasteiger partial charge on any atom is -0.497 e. The highest BCUT2D eigenvalue weighted by Gasteiger charge is 2.19. The van der Waals surface area contributed by atoms with Crippen molar-refractivity contribution in [1.29, 1.82) is 0 Å². The van der Waals surface area contributed by atoms with Crippen LogP contribution in [0.2, 0.25) is 0 Å². The Morgan fingerprint density at radius 1 is 1.30 bits per heavy atom. The predicted octanol–water partition coefficient (Wildman–Crippen LogP) is 4.75. The molecule has 0 aliphatic rings. The molecule has 2 aromatic rings. The molecule has 1 aromatic carbocycles. The Kier molecular flexibility index (Phi) is 6.68. The number of methoxy groups -OCH3 is 1. The summed E-state index contributed by atoms with van der Waals surface area (Å²) in [5, 5.41) is 5.74. The van der Waals surface area contributed by atoms with Crippen LogP contribution in [0.1, 0.15) is 53.7 Å². The molecular formula is C22H33N3O2. The number of ether oxygens (including phenoxy) is 1. The van der Waals surface area contributed by atoms with Crippen LogP contribution in [0.15, 0.2) is 23.8 Å². The second-order valence-electron chi connectivity index (χ2n) is 8.43. The van der Waals surface area contributed by atoms with Crippen molar-refractivity contribution in [2.45, 2.75) is 54.5 Å². The van der Waals surface area contributed by atoms with Crippen LogP contribution < -0.4 is 4.74 Å². The fourth-order valence-corrected chi connectivity index (χ4v) is 2.96. The van der Waals surface area contributed by atoms with Gasteiger partial charge in [0.15, 0.2) is 0 Å². The predicted molar refractivity (Wildman–Crippen MR) is 112 cm³/mol. The fourth-order valence-electron chi connectivity index (χ4n) is 2.96. The highest BCUT2D eigenvalue weighted by atomic mass is 16.5. The fraction of sp³-hybridized carbons (Fsp3) is 0.545. The topological polar surface area (TPSA) is 47.4 Å². The molecule has 148 valence electrons. The Labute approximate surface area is 163 Å². The van der Waals surface area contributed by atoms with E-state index in [1.807, 2.05) is 49.9 Å². The van der Waals surface area contributed by atoms with Crippen molar-refractivity contribution in [1.82, 2.24) is 14.7 Å². The van der Waals surface area contributed by atoms with Crippen LogP contribution in [-0.2, 0) is 11.3 Å². The molecule has 0 saturated heterocycles. The number of rotatable bonds is 7. The van der Waals surface area contributed by atoms with Crippen molar-refractivity contribution in [2.75, 3.05) is 20.2 Å². The van der Waals surface area contributed by atoms with Crippen LogP contribution in [0.4, 0.5) is 0 Å². The van der Waals surface area contributed by atoms with Crippen LogP contribution in [0.25, 0.3) is 17.0 Å². The molecule has 5 nitrogen and oxygen atoms in total. The molecule has 0 unspecified atom stereocenters. The van der Waals surface area contributed by atoms with Crippen LogP contribution in [0.3, 0.4) is 0 Å². The number of carbonyl (C=O) groups excluding carboxylic acids is 1. The molecule has 0 atom stereocenters. The van der Waals surface area contributed by atoms with Crippen molar-refractivity contribution < 1.29 is 9.53 Å². The molecule has 0 saturated carbocycles. The average molecular weight is 372 g/mol. The monoisotopic (exact) mass is 371 g/mol. The van der Waals surface area contributed by atoms with E-state index < -0.39 is 0 Å². The third-order valence-corrected chi connectivity index (χ3v) is 4.56. The van der Waals surface area contributed by atoms with E-state index >= 15 is 0 Å². The number of amides is 1. The molecule has 2 rings (SSSR count). The Balaban J connectivity index is 2.33. The summed E-state index contributed by atoms with van der Waals surface area (Å²) in [5.74, 6) is 0.859. The summed E-state index contributed by atoms with van der Waals surface area (Å²) in [4.78, 5) is 14.8. The maximum atomic E-state index is 12.9. The van der Waals surface area contributed by atoms with E-state index in [0.717, 1.165) is 35.3 Å². The lowest BCUT2D eigenvalue weighted by molar-refractivity contribution is -0.132. The Morgan fingerprint density at radius 2 is 2.00 bits per heavy atom. The van der Waals surface area contributed by atoms with E-state index in [0.29, 0.717) is 6.54 Å². The number of likely N-dealkylation sites (N-methyl/N-ethyl adjacent to an activating group) is 1. The highest BCUT2D eigenvalue weighted by molar-refractivity contribution is 5.89. The van der Waals surface area contributed by atoms with Gasteiger partial charge in [0, 0.05) is 24.5 Å². The van der Waals surface area contributed by atoms with Crippen LogP contribution in [-0.4, -0.2) is 40.8 Å². The first-order chi connectivity index (χ1) is 12.6. The van der Waals surface area contributed by atoms with Gasteiger partial charge < -0.3 is 9.64 Å². The molecule has 0 fully saturated rings. The van der Waals surface area contributed by atoms with Gasteiger partial charge in [0.05, 0.1) is 18.3 Å². The van der Waals surface area contributed by atoms with Crippen molar-refractivity contribution in [3.63, 3.8) is 0 Å². The number of allylic oxidation sites excluding steroid dienone is 1. The number of fused-ring (bicyclic) bond motifs is 1. The number of benzene rings is 1. The summed E-state index contributed by atoms with van der Waals surface area (Å²) >= 11 is 0. The normalized spacial score (nSPS) is 11.5. The zero-order valence-electron chi connectivity index (χ0n) is 17.8. The average Bonchev–Trinajstić information content (AvgIpc) is 2.90. The molecule has 0 aliphatic heterocycles. The molecule has 1 heterocycles. The number of hydrogen-bond acceptors (Lipinski definition) is 3. The van der Waals surface area contributed by atoms with Gasteiger partial charge in [-0.1, -0.05) is 26.3 Å². The Bertz CT molecular complexity index is 824. The molecule has 0 radical (unpaired) electrons. The Hall–Kier alpha value is -2.30. The zero-order valence-corrected chi connectivity index (χ0v) is 17.8. The maximum absolute atomic E-state index is 12.9. The standard InChI is InChI=1S/C22H33N3O2/c1-8-24(12-11-22(4,5)6)21(26)15-25-20-14-17(27-7)9-10-18(20)19(23-25)13-16(2)3/h9-10,13-14H,8,11-12,15H2,1-7H3. The van der Waals surface area contributed by atoms with E-state index in [1.165, 1.54) is 5.57 Å². The van der Waals surface area contributed by atoms with E-state index in [2.05, 4.69) is 20.8 Å². The zero-order chi connectivity index (χ0) is 20.2. The number of carbonyl (C=O) groups is 1. The van der Waals surface area contributed by atoms with E-state index in [4.69, 9.17) is 9.84 Å². The minimum atomic E-state index is 0.0951. The maximum Gasteiger partial charge on any atom is 0.244 e. The number of nitrogens with zero attached hydrogens (tertiary/aromatic N) is 3. The second-order valence-corrected chi connectivity index (χ2v) is 8.43. The lowest BCUT2D eigenvalue weighted by Crippen LogP contribution is -2.36. The van der Waals surface area contributed by atoms with Crippen molar-refractivity contribution in [2.24, 2.45) is 5.41 Å². The summed E-state index contributed by atoms with van der Waals surface area (Å²) in [6.45, 7) is 14.4. The van der Waals surface area contributed by atoms with Gasteiger partial charge in [0.1, 0.15) is 12.3 Å². The summed E-state index contributed by atoms with van der Waals surface area (Å²) < 4.78 is 7.17. The third kappa shape index (κ3) is 5.59. The molecule has 0 aliphatic carbocycles. The van der Waals surface area contributed by atoms with Gasteiger partial charge in [0.25, 0.3) is 0 Å². The summed E-state index contributed by atoms with van der Waals surface area (Å²) in [6.07, 6.45) is 3.02. The largest absolute Gasteiger partial charge is 0.497 e. The molecular weight excluding hydrogens is 338 g/mol. The molecule has 27 heavy (non-hydrogen) atoms. The molecule has 0 bridgehead atoms. The summed E-state index contributed by atoms with van der Waals surface area (Å²) in [6, 6.07) is 5.89. The van der Waals surface area contributed by atoms with Gasteiger partial charge in [-0.25, -0.2) is 0 Å². The first-order valence-electron chi connectivity index (χ1n) is 9.62. The lowest BCUT2D eigenvalue weighted by Gasteiger charge is -2.26. The van der Waals surface area contributed by atoms with Gasteiger partial charge in [-0.3, -0.25) is 9.48 Å². The molecule has 5 heteroatoms. The number of aromatic nitrogens is 2. The summed E-state index contributed by atoms with van der Waals surface area (Å²) in [7, 11) is 1.65. The first kappa shape index (κ1) is 21.0. The van der Waals surface area contributed by atoms with Crippen LogP contribution in [0.5, 0.6) is 5.75 Å². The summed E-state index contributed by atoms with van der Waals surface area (Å²) in [5.41, 5.74) is 3.18. The van der Waals surface area contributed by atoms with E-state index in [-0.39, 0.29) is 17.9 Å². The van der Waals surface area contributed by atoms with Gasteiger partial charge in [-0.2, -0.15) is 5.10 Å². The molecule has 1 amide bonds.